The van der Waals surface area contributed by atoms with E-state index in [4.69, 9.17) is 5.11 Å². The molecule has 0 fully saturated rings. The number of hydrogen-bond donors (Lipinski definition) is 2. The lowest BCUT2D eigenvalue weighted by Gasteiger charge is -2.05. The summed E-state index contributed by atoms with van der Waals surface area (Å²) in [5.74, 6) is -1.42. The lowest BCUT2D eigenvalue weighted by atomic mass is 10.3. The van der Waals surface area contributed by atoms with E-state index in [1.54, 1.807) is 10.9 Å². The van der Waals surface area contributed by atoms with Gasteiger partial charge in [0.15, 0.2) is 0 Å². The number of carboxylic acid groups (broad SMARTS) is 1. The summed E-state index contributed by atoms with van der Waals surface area (Å²) in [6, 6.07) is 1.48. The van der Waals surface area contributed by atoms with Gasteiger partial charge in [-0.3, -0.25) is 14.3 Å². The van der Waals surface area contributed by atoms with Crippen molar-refractivity contribution in [2.24, 2.45) is 0 Å². The number of aliphatic carboxylic acids is 1. The van der Waals surface area contributed by atoms with Crippen molar-refractivity contribution in [2.45, 2.75) is 26.6 Å². The van der Waals surface area contributed by atoms with E-state index < -0.39 is 5.97 Å². The Labute approximate surface area is 115 Å². The molecule has 0 saturated heterocycles. The summed E-state index contributed by atoms with van der Waals surface area (Å²) in [7, 11) is 0. The van der Waals surface area contributed by atoms with Crippen LogP contribution in [-0.4, -0.2) is 36.5 Å². The second-order valence-corrected chi connectivity index (χ2v) is 4.15. The topological polar surface area (TPSA) is 102 Å². The quantitative estimate of drug-likeness (QED) is 0.780. The molecule has 8 heteroatoms. The Hall–Kier alpha value is -2.64. The van der Waals surface area contributed by atoms with Gasteiger partial charge in [-0.25, -0.2) is 4.68 Å². The Balaban J connectivity index is 1.98. The number of carbonyl (C=O) groups is 2. The minimum absolute atomic E-state index is 0.218. The lowest BCUT2D eigenvalue weighted by Crippen LogP contribution is -2.26. The number of amides is 1. The normalized spacial score (nSPS) is 10.4. The molecule has 2 aromatic rings. The highest BCUT2D eigenvalue weighted by Gasteiger charge is 2.13. The average molecular weight is 277 g/mol. The van der Waals surface area contributed by atoms with Crippen LogP contribution >= 0.6 is 0 Å². The van der Waals surface area contributed by atoms with E-state index in [-0.39, 0.29) is 18.1 Å². The summed E-state index contributed by atoms with van der Waals surface area (Å²) in [6.07, 6.45) is 4.92. The van der Waals surface area contributed by atoms with Crippen molar-refractivity contribution in [1.29, 1.82) is 0 Å². The van der Waals surface area contributed by atoms with Gasteiger partial charge < -0.3 is 10.4 Å². The fourth-order valence-corrected chi connectivity index (χ4v) is 1.72. The first-order chi connectivity index (χ1) is 9.60. The van der Waals surface area contributed by atoms with E-state index in [9.17, 15) is 9.59 Å². The number of aryl methyl sites for hydroxylation is 1. The highest BCUT2D eigenvalue weighted by atomic mass is 16.4. The molecule has 2 heterocycles. The van der Waals surface area contributed by atoms with Gasteiger partial charge in [0.2, 0.25) is 0 Å². The van der Waals surface area contributed by atoms with E-state index in [0.29, 0.717) is 6.54 Å². The van der Waals surface area contributed by atoms with Crippen molar-refractivity contribution < 1.29 is 14.7 Å². The SMILES string of the molecule is CCn1cc(CNC(=O)c2ccnn2CC(=O)O)cn1. The fraction of sp³-hybridized carbons (Fsp3) is 0.333. The molecule has 0 saturated carbocycles. The molecule has 0 bridgehead atoms. The van der Waals surface area contributed by atoms with Crippen LogP contribution in [-0.2, 0) is 24.4 Å². The van der Waals surface area contributed by atoms with E-state index >= 15 is 0 Å². The largest absolute Gasteiger partial charge is 0.480 e. The monoisotopic (exact) mass is 277 g/mol. The Morgan fingerprint density at radius 3 is 2.85 bits per heavy atom. The van der Waals surface area contributed by atoms with Gasteiger partial charge >= 0.3 is 5.97 Å². The first-order valence-electron chi connectivity index (χ1n) is 6.13. The molecule has 0 atom stereocenters. The molecule has 0 aliphatic heterocycles. The van der Waals surface area contributed by atoms with E-state index in [0.717, 1.165) is 16.8 Å². The first kappa shape index (κ1) is 13.8. The van der Waals surface area contributed by atoms with E-state index in [1.807, 2.05) is 13.1 Å². The smallest absolute Gasteiger partial charge is 0.325 e. The summed E-state index contributed by atoms with van der Waals surface area (Å²) in [4.78, 5) is 22.6. The highest BCUT2D eigenvalue weighted by molar-refractivity contribution is 5.92. The minimum atomic E-state index is -1.05. The number of hydrogen-bond acceptors (Lipinski definition) is 4. The number of nitrogens with one attached hydrogen (secondary N) is 1. The van der Waals surface area contributed by atoms with Gasteiger partial charge in [-0.15, -0.1) is 0 Å². The minimum Gasteiger partial charge on any atom is -0.480 e. The molecular formula is C12H15N5O3. The summed E-state index contributed by atoms with van der Waals surface area (Å²) >= 11 is 0. The predicted octanol–water partition coefficient (Wildman–Crippen LogP) is 0.114. The van der Waals surface area contributed by atoms with Gasteiger partial charge in [0.05, 0.1) is 6.20 Å². The maximum atomic E-state index is 12.0. The Morgan fingerprint density at radius 2 is 2.20 bits per heavy atom. The van der Waals surface area contributed by atoms with Gasteiger partial charge in [-0.1, -0.05) is 0 Å². The third-order valence-electron chi connectivity index (χ3n) is 2.70. The standard InChI is InChI=1S/C12H15N5O3/c1-2-16-7-9(6-15-16)5-13-12(20)10-3-4-14-17(10)8-11(18)19/h3-4,6-7H,2,5,8H2,1H3,(H,13,20)(H,18,19). The molecule has 2 rings (SSSR count). The zero-order chi connectivity index (χ0) is 14.5. The van der Waals surface area contributed by atoms with Crippen LogP contribution < -0.4 is 5.32 Å². The summed E-state index contributed by atoms with van der Waals surface area (Å²) in [5, 5.41) is 19.3. The van der Waals surface area contributed by atoms with Gasteiger partial charge in [0, 0.05) is 31.0 Å². The second-order valence-electron chi connectivity index (χ2n) is 4.15. The van der Waals surface area contributed by atoms with Gasteiger partial charge in [0.1, 0.15) is 12.2 Å². The predicted molar refractivity (Wildman–Crippen MR) is 68.9 cm³/mol. The second kappa shape index (κ2) is 6.00. The average Bonchev–Trinajstić information content (AvgIpc) is 3.04. The van der Waals surface area contributed by atoms with Crippen LogP contribution in [0.2, 0.25) is 0 Å². The highest BCUT2D eigenvalue weighted by Crippen LogP contribution is 2.01. The number of nitrogens with zero attached hydrogens (tertiary/aromatic N) is 4. The zero-order valence-corrected chi connectivity index (χ0v) is 11.0. The van der Waals surface area contributed by atoms with Crippen molar-refractivity contribution in [3.05, 3.63) is 35.9 Å². The molecule has 0 aliphatic carbocycles. The lowest BCUT2D eigenvalue weighted by molar-refractivity contribution is -0.137. The molecule has 0 spiro atoms. The van der Waals surface area contributed by atoms with Crippen molar-refractivity contribution in [1.82, 2.24) is 24.9 Å². The third kappa shape index (κ3) is 3.22. The van der Waals surface area contributed by atoms with Crippen LogP contribution in [0.5, 0.6) is 0 Å². The summed E-state index contributed by atoms with van der Waals surface area (Å²) < 4.78 is 2.91. The summed E-state index contributed by atoms with van der Waals surface area (Å²) in [5.41, 5.74) is 1.10. The van der Waals surface area contributed by atoms with Gasteiger partial charge in [-0.05, 0) is 13.0 Å². The fourth-order valence-electron chi connectivity index (χ4n) is 1.72. The van der Waals surface area contributed by atoms with E-state index in [2.05, 4.69) is 15.5 Å². The Morgan fingerprint density at radius 1 is 1.40 bits per heavy atom. The van der Waals surface area contributed by atoms with Crippen LogP contribution in [0.1, 0.15) is 23.0 Å². The number of aromatic nitrogens is 4. The number of carbonyl (C=O) groups excluding carboxylic acids is 1. The molecular weight excluding hydrogens is 262 g/mol. The Kier molecular flexibility index (Phi) is 4.14. The van der Waals surface area contributed by atoms with Crippen LogP contribution in [0.15, 0.2) is 24.7 Å². The van der Waals surface area contributed by atoms with Crippen LogP contribution in [0.3, 0.4) is 0 Å². The number of rotatable bonds is 6. The molecule has 0 radical (unpaired) electrons. The molecule has 1 amide bonds. The van der Waals surface area contributed by atoms with Crippen molar-refractivity contribution in [3.8, 4) is 0 Å². The maximum absolute atomic E-state index is 12.0. The van der Waals surface area contributed by atoms with Gasteiger partial charge in [0.25, 0.3) is 5.91 Å². The van der Waals surface area contributed by atoms with Crippen molar-refractivity contribution in [2.75, 3.05) is 0 Å². The summed E-state index contributed by atoms with van der Waals surface area (Å²) in [6.45, 7) is 2.72. The van der Waals surface area contributed by atoms with Gasteiger partial charge in [-0.2, -0.15) is 10.2 Å². The molecule has 0 aromatic carbocycles. The first-order valence-corrected chi connectivity index (χ1v) is 6.13. The molecule has 2 N–H and O–H groups in total. The third-order valence-corrected chi connectivity index (χ3v) is 2.70. The van der Waals surface area contributed by atoms with Crippen LogP contribution in [0.25, 0.3) is 0 Å². The van der Waals surface area contributed by atoms with Crippen LogP contribution in [0, 0.1) is 0 Å². The molecule has 2 aromatic heterocycles. The molecule has 0 unspecified atom stereocenters. The number of carboxylic acids is 1. The maximum Gasteiger partial charge on any atom is 0.325 e. The van der Waals surface area contributed by atoms with Crippen molar-refractivity contribution >= 4 is 11.9 Å². The molecule has 20 heavy (non-hydrogen) atoms. The van der Waals surface area contributed by atoms with Crippen LogP contribution in [0.4, 0.5) is 0 Å². The van der Waals surface area contributed by atoms with Crippen molar-refractivity contribution in [3.63, 3.8) is 0 Å². The molecule has 106 valence electrons. The van der Waals surface area contributed by atoms with E-state index in [1.165, 1.54) is 12.3 Å². The molecule has 8 nitrogen and oxygen atoms in total. The molecule has 0 aliphatic rings. The Bertz CT molecular complexity index is 616. The zero-order valence-electron chi connectivity index (χ0n) is 11.0.